The van der Waals surface area contributed by atoms with Crippen LogP contribution in [-0.2, 0) is 22.7 Å². The lowest BCUT2D eigenvalue weighted by atomic mass is 9.95. The quantitative estimate of drug-likeness (QED) is 0.157. The highest BCUT2D eigenvalue weighted by molar-refractivity contribution is 7.99. The fourth-order valence-electron chi connectivity index (χ4n) is 4.62. The first-order chi connectivity index (χ1) is 20.0. The maximum absolute atomic E-state index is 13.6. The molecule has 1 unspecified atom stereocenters. The number of rotatable bonds is 11. The maximum Gasteiger partial charge on any atom is 0.338 e. The van der Waals surface area contributed by atoms with E-state index >= 15 is 0 Å². The standard InChI is InChI=1S/C32H34N4O4S/c1-5-38-27-18-25(16-17-26(27)39-19-24-14-12-21(3)13-15-24)29-28(30(37)40-20-23-10-8-7-9-11-23)22(4)33-31-34-32(41-6-2)35-36(29)31/h7-18,29H,5-6,19-20H2,1-4H3,(H,33,34,35). The van der Waals surface area contributed by atoms with Crippen molar-refractivity contribution in [2.75, 3.05) is 17.7 Å². The zero-order valence-electron chi connectivity index (χ0n) is 23.7. The van der Waals surface area contributed by atoms with Crippen LogP contribution in [0.1, 0.15) is 49.1 Å². The lowest BCUT2D eigenvalue weighted by molar-refractivity contribution is -0.140. The van der Waals surface area contributed by atoms with Crippen molar-refractivity contribution in [1.82, 2.24) is 14.8 Å². The van der Waals surface area contributed by atoms with E-state index in [4.69, 9.17) is 19.3 Å². The fourth-order valence-corrected chi connectivity index (χ4v) is 5.18. The van der Waals surface area contributed by atoms with Gasteiger partial charge in [0.2, 0.25) is 11.1 Å². The van der Waals surface area contributed by atoms with Crippen molar-refractivity contribution >= 4 is 23.7 Å². The van der Waals surface area contributed by atoms with Crippen LogP contribution in [0.3, 0.4) is 0 Å². The summed E-state index contributed by atoms with van der Waals surface area (Å²) in [6.07, 6.45) is 0. The minimum atomic E-state index is -0.571. The van der Waals surface area contributed by atoms with Gasteiger partial charge in [0.1, 0.15) is 19.3 Å². The van der Waals surface area contributed by atoms with Gasteiger partial charge < -0.3 is 19.5 Å². The van der Waals surface area contributed by atoms with Crippen LogP contribution < -0.4 is 14.8 Å². The molecule has 1 atom stereocenters. The molecule has 1 aliphatic heterocycles. The third kappa shape index (κ3) is 6.57. The van der Waals surface area contributed by atoms with Crippen LogP contribution >= 0.6 is 11.8 Å². The van der Waals surface area contributed by atoms with E-state index in [-0.39, 0.29) is 6.61 Å². The van der Waals surface area contributed by atoms with E-state index in [1.54, 1.807) is 16.4 Å². The number of fused-ring (bicyclic) bond motifs is 1. The molecular weight excluding hydrogens is 536 g/mol. The number of nitrogens with zero attached hydrogens (tertiary/aromatic N) is 3. The molecule has 41 heavy (non-hydrogen) atoms. The Kier molecular flexibility index (Phi) is 8.94. The number of hydrogen-bond donors (Lipinski definition) is 1. The van der Waals surface area contributed by atoms with Gasteiger partial charge >= 0.3 is 5.97 Å². The van der Waals surface area contributed by atoms with Gasteiger partial charge in [0, 0.05) is 5.70 Å². The number of benzene rings is 3. The van der Waals surface area contributed by atoms with Crippen molar-refractivity contribution in [2.24, 2.45) is 0 Å². The molecule has 0 spiro atoms. The molecule has 0 amide bonds. The van der Waals surface area contributed by atoms with E-state index in [0.717, 1.165) is 22.4 Å². The highest BCUT2D eigenvalue weighted by atomic mass is 32.2. The highest BCUT2D eigenvalue weighted by Gasteiger charge is 2.36. The van der Waals surface area contributed by atoms with Crippen LogP contribution in [0.4, 0.5) is 5.95 Å². The Labute approximate surface area is 244 Å². The molecule has 5 rings (SSSR count). The van der Waals surface area contributed by atoms with Gasteiger partial charge in [0.25, 0.3) is 0 Å². The van der Waals surface area contributed by atoms with E-state index in [1.807, 2.05) is 62.4 Å². The van der Waals surface area contributed by atoms with Crippen molar-refractivity contribution in [3.63, 3.8) is 0 Å². The number of hydrogen-bond acceptors (Lipinski definition) is 8. The zero-order chi connectivity index (χ0) is 28.8. The Balaban J connectivity index is 1.49. The second kappa shape index (κ2) is 13.0. The van der Waals surface area contributed by atoms with Crippen molar-refractivity contribution in [3.05, 3.63) is 106 Å². The first kappa shape index (κ1) is 28.3. The third-order valence-corrected chi connectivity index (χ3v) is 7.36. The van der Waals surface area contributed by atoms with Gasteiger partial charge in [-0.1, -0.05) is 84.9 Å². The number of nitrogens with one attached hydrogen (secondary N) is 1. The summed E-state index contributed by atoms with van der Waals surface area (Å²) in [6, 6.07) is 23.0. The summed E-state index contributed by atoms with van der Waals surface area (Å²) in [6.45, 7) is 8.94. The highest BCUT2D eigenvalue weighted by Crippen LogP contribution is 2.40. The summed E-state index contributed by atoms with van der Waals surface area (Å²) >= 11 is 1.54. The predicted molar refractivity (Wildman–Crippen MR) is 160 cm³/mol. The van der Waals surface area contributed by atoms with Crippen LogP contribution in [0.15, 0.2) is 89.2 Å². The molecule has 0 aliphatic carbocycles. The SMILES string of the molecule is CCOc1cc(C2C(C(=O)OCc3ccccc3)=C(C)Nc3nc(SCC)nn32)ccc1OCc1ccc(C)cc1. The van der Waals surface area contributed by atoms with Gasteiger partial charge in [-0.3, -0.25) is 0 Å². The van der Waals surface area contributed by atoms with Crippen LogP contribution in [0, 0.1) is 6.92 Å². The summed E-state index contributed by atoms with van der Waals surface area (Å²) in [7, 11) is 0. The fraction of sp³-hybridized carbons (Fsp3) is 0.281. The topological polar surface area (TPSA) is 87.5 Å². The van der Waals surface area contributed by atoms with E-state index in [2.05, 4.69) is 48.4 Å². The van der Waals surface area contributed by atoms with Gasteiger partial charge in [0.05, 0.1) is 12.2 Å². The van der Waals surface area contributed by atoms with Crippen LogP contribution in [0.2, 0.25) is 0 Å². The second-order valence-corrected chi connectivity index (χ2v) is 10.9. The van der Waals surface area contributed by atoms with Gasteiger partial charge in [-0.05, 0) is 55.3 Å². The van der Waals surface area contributed by atoms with Gasteiger partial charge in [-0.15, -0.1) is 5.10 Å². The lowest BCUT2D eigenvalue weighted by Gasteiger charge is -2.28. The molecule has 0 bridgehead atoms. The Morgan fingerprint density at radius 3 is 2.41 bits per heavy atom. The molecule has 3 aromatic carbocycles. The summed E-state index contributed by atoms with van der Waals surface area (Å²) in [5.41, 5.74) is 5.11. The number of carbonyl (C=O) groups is 1. The van der Waals surface area contributed by atoms with Gasteiger partial charge in [-0.2, -0.15) is 4.98 Å². The van der Waals surface area contributed by atoms with Crippen molar-refractivity contribution in [2.45, 2.75) is 52.1 Å². The Morgan fingerprint density at radius 2 is 1.68 bits per heavy atom. The molecule has 212 valence electrons. The number of esters is 1. The monoisotopic (exact) mass is 570 g/mol. The Bertz CT molecular complexity index is 1530. The third-order valence-electron chi connectivity index (χ3n) is 6.64. The number of aromatic nitrogens is 3. The molecule has 0 saturated carbocycles. The molecule has 0 saturated heterocycles. The average molecular weight is 571 g/mol. The number of aryl methyl sites for hydroxylation is 1. The normalized spacial score (nSPS) is 14.3. The molecule has 8 nitrogen and oxygen atoms in total. The second-order valence-electron chi connectivity index (χ2n) is 9.64. The number of allylic oxidation sites excluding steroid dienone is 1. The average Bonchev–Trinajstić information content (AvgIpc) is 3.38. The molecule has 1 aliphatic rings. The van der Waals surface area contributed by atoms with E-state index < -0.39 is 12.0 Å². The Hall–Kier alpha value is -4.24. The van der Waals surface area contributed by atoms with Crippen LogP contribution in [0.25, 0.3) is 0 Å². The van der Waals surface area contributed by atoms with E-state index in [9.17, 15) is 4.79 Å². The molecule has 1 N–H and O–H groups in total. The first-order valence-electron chi connectivity index (χ1n) is 13.7. The van der Waals surface area contributed by atoms with Crippen LogP contribution in [0.5, 0.6) is 11.5 Å². The Morgan fingerprint density at radius 1 is 0.927 bits per heavy atom. The van der Waals surface area contributed by atoms with Crippen LogP contribution in [-0.4, -0.2) is 33.1 Å². The summed E-state index contributed by atoms with van der Waals surface area (Å²) in [5, 5.41) is 8.65. The zero-order valence-corrected chi connectivity index (χ0v) is 24.5. The molecule has 0 fully saturated rings. The van der Waals surface area contributed by atoms with Crippen molar-refractivity contribution in [3.8, 4) is 11.5 Å². The molecule has 4 aromatic rings. The first-order valence-corrected chi connectivity index (χ1v) is 14.7. The van der Waals surface area contributed by atoms with Crippen molar-refractivity contribution < 1.29 is 19.0 Å². The van der Waals surface area contributed by atoms with E-state index in [1.165, 1.54) is 5.56 Å². The summed E-state index contributed by atoms with van der Waals surface area (Å²) in [5.74, 6) is 2.19. The van der Waals surface area contributed by atoms with Gasteiger partial charge in [0.15, 0.2) is 11.5 Å². The number of ether oxygens (including phenoxy) is 3. The predicted octanol–water partition coefficient (Wildman–Crippen LogP) is 6.71. The number of thioether (sulfide) groups is 1. The largest absolute Gasteiger partial charge is 0.490 e. The molecule has 9 heteroatoms. The molecule has 0 radical (unpaired) electrons. The molecular formula is C32H34N4O4S. The molecule has 1 aromatic heterocycles. The van der Waals surface area contributed by atoms with Crippen molar-refractivity contribution in [1.29, 1.82) is 0 Å². The smallest absolute Gasteiger partial charge is 0.338 e. The van der Waals surface area contributed by atoms with E-state index in [0.29, 0.717) is 47.1 Å². The lowest BCUT2D eigenvalue weighted by Crippen LogP contribution is -2.29. The maximum atomic E-state index is 13.6. The summed E-state index contributed by atoms with van der Waals surface area (Å²) in [4.78, 5) is 18.3. The number of anilines is 1. The summed E-state index contributed by atoms with van der Waals surface area (Å²) < 4.78 is 19.7. The minimum Gasteiger partial charge on any atom is -0.490 e. The minimum absolute atomic E-state index is 0.167. The van der Waals surface area contributed by atoms with Gasteiger partial charge in [-0.25, -0.2) is 9.48 Å². The number of carbonyl (C=O) groups excluding carboxylic acids is 1. The molecule has 2 heterocycles.